The lowest BCUT2D eigenvalue weighted by molar-refractivity contribution is -0.385. The van der Waals surface area contributed by atoms with Gasteiger partial charge < -0.3 is 5.32 Å². The highest BCUT2D eigenvalue weighted by Gasteiger charge is 2.24. The van der Waals surface area contributed by atoms with E-state index in [1.54, 1.807) is 0 Å². The number of nitro benzene ring substituents is 1. The van der Waals surface area contributed by atoms with Crippen molar-refractivity contribution in [2.45, 2.75) is 38.6 Å². The summed E-state index contributed by atoms with van der Waals surface area (Å²) in [6.07, 6.45) is 4.04. The highest BCUT2D eigenvalue weighted by molar-refractivity contribution is 5.52. The standard InChI is InChI=1S/C13H16F2N2O2/c1-8-4-2-3-5-12(8)16-13-10(14)6-9(17(18)19)7-11(13)15/h6-8,12,16H,2-5H2,1H3. The van der Waals surface area contributed by atoms with Gasteiger partial charge in [0, 0.05) is 6.04 Å². The van der Waals surface area contributed by atoms with Gasteiger partial charge >= 0.3 is 0 Å². The predicted molar refractivity (Wildman–Crippen MR) is 68.1 cm³/mol. The highest BCUT2D eigenvalue weighted by Crippen LogP contribution is 2.30. The van der Waals surface area contributed by atoms with Gasteiger partial charge in [-0.25, -0.2) is 8.78 Å². The van der Waals surface area contributed by atoms with Crippen molar-refractivity contribution in [1.82, 2.24) is 0 Å². The van der Waals surface area contributed by atoms with Crippen molar-refractivity contribution >= 4 is 11.4 Å². The number of non-ortho nitro benzene ring substituents is 1. The van der Waals surface area contributed by atoms with Crippen molar-refractivity contribution in [3.63, 3.8) is 0 Å². The van der Waals surface area contributed by atoms with Gasteiger partial charge in [0.2, 0.25) is 0 Å². The lowest BCUT2D eigenvalue weighted by Gasteiger charge is -2.30. The first-order valence-corrected chi connectivity index (χ1v) is 6.39. The molecule has 4 nitrogen and oxygen atoms in total. The molecule has 6 heteroatoms. The molecule has 0 spiro atoms. The zero-order valence-corrected chi connectivity index (χ0v) is 10.7. The number of nitrogens with one attached hydrogen (secondary N) is 1. The molecule has 1 aliphatic carbocycles. The van der Waals surface area contributed by atoms with Crippen LogP contribution in [0.1, 0.15) is 32.6 Å². The van der Waals surface area contributed by atoms with Gasteiger partial charge in [0.05, 0.1) is 17.1 Å². The Labute approximate surface area is 110 Å². The van der Waals surface area contributed by atoms with Crippen molar-refractivity contribution in [2.75, 3.05) is 5.32 Å². The van der Waals surface area contributed by atoms with Gasteiger partial charge in [-0.15, -0.1) is 0 Å². The summed E-state index contributed by atoms with van der Waals surface area (Å²) >= 11 is 0. The van der Waals surface area contributed by atoms with Crippen molar-refractivity contribution in [1.29, 1.82) is 0 Å². The smallest absolute Gasteiger partial charge is 0.275 e. The molecule has 0 radical (unpaired) electrons. The largest absolute Gasteiger partial charge is 0.377 e. The van der Waals surface area contributed by atoms with Crippen LogP contribution in [0.5, 0.6) is 0 Å². The summed E-state index contributed by atoms with van der Waals surface area (Å²) < 4.78 is 27.5. The number of nitro groups is 1. The fraction of sp³-hybridized carbons (Fsp3) is 0.538. The number of hydrogen-bond donors (Lipinski definition) is 1. The van der Waals surface area contributed by atoms with Gasteiger partial charge in [-0.3, -0.25) is 10.1 Å². The van der Waals surface area contributed by atoms with Crippen LogP contribution in [0.15, 0.2) is 12.1 Å². The SMILES string of the molecule is CC1CCCCC1Nc1c(F)cc([N+](=O)[O-])cc1F. The number of hydrogen-bond acceptors (Lipinski definition) is 3. The number of anilines is 1. The van der Waals surface area contributed by atoms with Crippen LogP contribution in [-0.2, 0) is 0 Å². The third kappa shape index (κ3) is 3.00. The molecular formula is C13H16F2N2O2. The van der Waals surface area contributed by atoms with E-state index in [0.717, 1.165) is 37.8 Å². The molecule has 1 aliphatic rings. The molecule has 1 N–H and O–H groups in total. The molecule has 104 valence electrons. The van der Waals surface area contributed by atoms with E-state index in [4.69, 9.17) is 0 Å². The summed E-state index contributed by atoms with van der Waals surface area (Å²) in [4.78, 5) is 9.70. The molecule has 2 atom stereocenters. The Bertz CT molecular complexity index is 471. The topological polar surface area (TPSA) is 55.2 Å². The van der Waals surface area contributed by atoms with E-state index in [9.17, 15) is 18.9 Å². The van der Waals surface area contributed by atoms with Gasteiger partial charge in [-0.2, -0.15) is 0 Å². The van der Waals surface area contributed by atoms with Crippen LogP contribution < -0.4 is 5.32 Å². The van der Waals surface area contributed by atoms with Crippen LogP contribution in [0.25, 0.3) is 0 Å². The van der Waals surface area contributed by atoms with Crippen molar-refractivity contribution in [3.05, 3.63) is 33.9 Å². The van der Waals surface area contributed by atoms with Crippen LogP contribution in [0.2, 0.25) is 0 Å². The lowest BCUT2D eigenvalue weighted by Crippen LogP contribution is -2.31. The molecule has 0 amide bonds. The zero-order valence-electron chi connectivity index (χ0n) is 10.7. The van der Waals surface area contributed by atoms with Gasteiger partial charge in [0.1, 0.15) is 5.69 Å². The minimum Gasteiger partial charge on any atom is -0.377 e. The molecular weight excluding hydrogens is 254 g/mol. The van der Waals surface area contributed by atoms with Crippen LogP contribution in [0, 0.1) is 27.7 Å². The monoisotopic (exact) mass is 270 g/mol. The third-order valence-electron chi connectivity index (χ3n) is 3.68. The molecule has 1 fully saturated rings. The van der Waals surface area contributed by atoms with Crippen molar-refractivity contribution < 1.29 is 13.7 Å². The quantitative estimate of drug-likeness (QED) is 0.670. The van der Waals surface area contributed by atoms with E-state index in [0.29, 0.717) is 5.92 Å². The molecule has 0 saturated heterocycles. The van der Waals surface area contributed by atoms with E-state index in [1.807, 2.05) is 6.92 Å². The Hall–Kier alpha value is -1.72. The maximum atomic E-state index is 13.7. The van der Waals surface area contributed by atoms with Crippen LogP contribution in [0.3, 0.4) is 0 Å². The van der Waals surface area contributed by atoms with Crippen molar-refractivity contribution in [2.24, 2.45) is 5.92 Å². The molecule has 2 unspecified atom stereocenters. The van der Waals surface area contributed by atoms with Gasteiger partial charge in [-0.1, -0.05) is 19.8 Å². The second-order valence-electron chi connectivity index (χ2n) is 5.05. The number of nitrogens with zero attached hydrogens (tertiary/aromatic N) is 1. The Morgan fingerprint density at radius 3 is 2.37 bits per heavy atom. The summed E-state index contributed by atoms with van der Waals surface area (Å²) in [5.74, 6) is -1.49. The molecule has 0 aromatic heterocycles. The maximum Gasteiger partial charge on any atom is 0.275 e. The Morgan fingerprint density at radius 2 is 1.84 bits per heavy atom. The van der Waals surface area contributed by atoms with Crippen LogP contribution in [0.4, 0.5) is 20.2 Å². The second-order valence-corrected chi connectivity index (χ2v) is 5.05. The maximum absolute atomic E-state index is 13.7. The highest BCUT2D eigenvalue weighted by atomic mass is 19.1. The average molecular weight is 270 g/mol. The third-order valence-corrected chi connectivity index (χ3v) is 3.68. The number of halogens is 2. The van der Waals surface area contributed by atoms with E-state index in [-0.39, 0.29) is 11.7 Å². The van der Waals surface area contributed by atoms with Gasteiger partial charge in [0.15, 0.2) is 11.6 Å². The lowest BCUT2D eigenvalue weighted by atomic mass is 9.86. The first kappa shape index (κ1) is 13.7. The van der Waals surface area contributed by atoms with E-state index in [1.165, 1.54) is 0 Å². The fourth-order valence-corrected chi connectivity index (χ4v) is 2.52. The van der Waals surface area contributed by atoms with E-state index in [2.05, 4.69) is 5.32 Å². The second kappa shape index (κ2) is 5.50. The zero-order chi connectivity index (χ0) is 14.0. The number of benzene rings is 1. The molecule has 0 bridgehead atoms. The number of rotatable bonds is 3. The fourth-order valence-electron chi connectivity index (χ4n) is 2.52. The summed E-state index contributed by atoms with van der Waals surface area (Å²) in [5, 5.41) is 13.4. The van der Waals surface area contributed by atoms with Gasteiger partial charge in [0.25, 0.3) is 5.69 Å². The molecule has 1 aromatic rings. The Balaban J connectivity index is 2.22. The van der Waals surface area contributed by atoms with E-state index >= 15 is 0 Å². The average Bonchev–Trinajstić information content (AvgIpc) is 2.35. The molecule has 2 rings (SSSR count). The summed E-state index contributed by atoms with van der Waals surface area (Å²) in [6, 6.07) is 1.51. The van der Waals surface area contributed by atoms with Crippen LogP contribution >= 0.6 is 0 Å². The van der Waals surface area contributed by atoms with E-state index < -0.39 is 22.2 Å². The Kier molecular flexibility index (Phi) is 3.97. The Morgan fingerprint density at radius 1 is 1.26 bits per heavy atom. The summed E-state index contributed by atoms with van der Waals surface area (Å²) in [7, 11) is 0. The molecule has 19 heavy (non-hydrogen) atoms. The van der Waals surface area contributed by atoms with Crippen LogP contribution in [-0.4, -0.2) is 11.0 Å². The molecule has 0 aliphatic heterocycles. The predicted octanol–water partition coefficient (Wildman–Crippen LogP) is 3.86. The van der Waals surface area contributed by atoms with Crippen molar-refractivity contribution in [3.8, 4) is 0 Å². The molecule has 1 aromatic carbocycles. The minimum atomic E-state index is -0.913. The van der Waals surface area contributed by atoms with Gasteiger partial charge in [-0.05, 0) is 18.8 Å². The summed E-state index contributed by atoms with van der Waals surface area (Å²) in [6.45, 7) is 2.04. The molecule has 1 saturated carbocycles. The normalized spacial score (nSPS) is 23.1. The molecule has 0 heterocycles. The minimum absolute atomic E-state index is 0.0132. The first-order valence-electron chi connectivity index (χ1n) is 6.39. The first-order chi connectivity index (χ1) is 8.99. The summed E-state index contributed by atoms with van der Waals surface area (Å²) in [5.41, 5.74) is -0.832.